The van der Waals surface area contributed by atoms with Crippen LogP contribution in [0.2, 0.25) is 0 Å². The Bertz CT molecular complexity index is 4350. The Kier molecular flexibility index (Phi) is 11.7. The molecule has 0 saturated carbocycles. The van der Waals surface area contributed by atoms with Gasteiger partial charge < -0.3 is 14.6 Å². The SMILES string of the molecule is CC(C)(C)c1ccc(N(c2ccc(C(C)(C)C)cc2)c2ccc3c(c2)-c2cc(-c4ccccc4)cc4c2B(c2cccc5c2N4c2ccc4ccccc4c2C5(c2ccccc2)c2ccccc2)N3c2cccc(-c3ccccc3)c2)cc1. The summed E-state index contributed by atoms with van der Waals surface area (Å²) < 4.78 is 0. The smallest absolute Gasteiger partial charge is 0.333 e. The monoisotopic (exact) mass is 1070 g/mol. The van der Waals surface area contributed by atoms with Crippen LogP contribution in [0.25, 0.3) is 44.2 Å². The van der Waals surface area contributed by atoms with Crippen LogP contribution in [0.3, 0.4) is 0 Å². The number of para-hydroxylation sites is 1. The van der Waals surface area contributed by atoms with Gasteiger partial charge in [-0.3, -0.25) is 0 Å². The molecule has 3 aliphatic heterocycles. The molecule has 0 aromatic heterocycles. The third-order valence-corrected chi connectivity index (χ3v) is 18.0. The van der Waals surface area contributed by atoms with Crippen molar-refractivity contribution >= 4 is 74.0 Å². The molecule has 0 radical (unpaired) electrons. The molecule has 0 saturated heterocycles. The fourth-order valence-corrected chi connectivity index (χ4v) is 14.0. The maximum Gasteiger partial charge on any atom is 0.333 e. The minimum atomic E-state index is -0.697. The van der Waals surface area contributed by atoms with E-state index in [1.54, 1.807) is 0 Å². The van der Waals surface area contributed by atoms with Gasteiger partial charge in [-0.15, -0.1) is 0 Å². The number of anilines is 8. The van der Waals surface area contributed by atoms with Crippen molar-refractivity contribution in [3.05, 3.63) is 312 Å². The van der Waals surface area contributed by atoms with Gasteiger partial charge in [0.25, 0.3) is 0 Å². The van der Waals surface area contributed by atoms with E-state index >= 15 is 0 Å². The molecule has 3 aliphatic rings. The Balaban J connectivity index is 1.06. The fraction of sp³-hybridized carbons (Fsp3) is 0.114. The van der Waals surface area contributed by atoms with E-state index in [0.717, 1.165) is 28.4 Å². The molecule has 0 atom stereocenters. The molecule has 3 heterocycles. The molecule has 0 unspecified atom stereocenters. The van der Waals surface area contributed by atoms with Crippen molar-refractivity contribution in [2.24, 2.45) is 0 Å². The van der Waals surface area contributed by atoms with Crippen molar-refractivity contribution < 1.29 is 0 Å². The molecule has 3 nitrogen and oxygen atoms in total. The quantitative estimate of drug-likeness (QED) is 0.140. The van der Waals surface area contributed by atoms with Gasteiger partial charge in [0.1, 0.15) is 0 Å². The molecule has 12 aromatic rings. The molecular formula is C79H64BN3. The van der Waals surface area contributed by atoms with Gasteiger partial charge in [0.2, 0.25) is 0 Å². The number of fused-ring (bicyclic) bond motifs is 8. The maximum atomic E-state index is 2.68. The van der Waals surface area contributed by atoms with Crippen molar-refractivity contribution in [3.8, 4) is 33.4 Å². The average molecular weight is 1070 g/mol. The summed E-state index contributed by atoms with van der Waals surface area (Å²) in [5, 5.41) is 2.46. The Morgan fingerprint density at radius 3 is 1.53 bits per heavy atom. The highest BCUT2D eigenvalue weighted by molar-refractivity contribution is 6.93. The summed E-state index contributed by atoms with van der Waals surface area (Å²) in [5.74, 6) is 0. The van der Waals surface area contributed by atoms with Crippen LogP contribution in [-0.2, 0) is 16.2 Å². The zero-order valence-corrected chi connectivity index (χ0v) is 48.0. The normalized spacial score (nSPS) is 13.7. The fourth-order valence-electron chi connectivity index (χ4n) is 14.0. The molecular weight excluding hydrogens is 1000 g/mol. The standard InChI is InChI=1S/C79H64BN3/c1-77(2,3)58-38-42-62(43-39-58)81(63-44-40-59(41-45-63)78(4,5)6)64-46-48-71-67(52-64)68-50-57(54-25-13-8-14-26-54)51-73-75(68)80(83(71)65-33-21-28-56(49-65)53-23-11-7-12-24-53)70-36-22-35-69-76(70)82(73)72-47-37-55-27-19-20-34-66(55)74(72)79(69,60-29-15-9-16-30-60)61-31-17-10-18-32-61/h7-52H,1-6H3. The average Bonchev–Trinajstić information content (AvgIpc) is 1.13. The molecule has 15 rings (SSSR count). The van der Waals surface area contributed by atoms with Gasteiger partial charge in [-0.25, -0.2) is 0 Å². The number of rotatable bonds is 8. The summed E-state index contributed by atoms with van der Waals surface area (Å²) in [6.07, 6.45) is 0. The van der Waals surface area contributed by atoms with Gasteiger partial charge in [-0.2, -0.15) is 0 Å². The predicted molar refractivity (Wildman–Crippen MR) is 352 cm³/mol. The maximum absolute atomic E-state index is 2.68. The van der Waals surface area contributed by atoms with E-state index in [4.69, 9.17) is 0 Å². The van der Waals surface area contributed by atoms with Crippen LogP contribution in [-0.4, -0.2) is 6.85 Å². The van der Waals surface area contributed by atoms with E-state index in [1.165, 1.54) is 106 Å². The molecule has 398 valence electrons. The van der Waals surface area contributed by atoms with Crippen molar-refractivity contribution in [2.45, 2.75) is 57.8 Å². The predicted octanol–water partition coefficient (Wildman–Crippen LogP) is 19.6. The van der Waals surface area contributed by atoms with E-state index in [9.17, 15) is 0 Å². The van der Waals surface area contributed by atoms with E-state index in [1.807, 2.05) is 0 Å². The molecule has 0 aliphatic carbocycles. The number of nitrogens with zero attached hydrogens (tertiary/aromatic N) is 3. The first-order chi connectivity index (χ1) is 40.4. The van der Waals surface area contributed by atoms with Gasteiger partial charge in [-0.1, -0.05) is 248 Å². The second-order valence-corrected chi connectivity index (χ2v) is 24.9. The van der Waals surface area contributed by atoms with Crippen LogP contribution >= 0.6 is 0 Å². The summed E-state index contributed by atoms with van der Waals surface area (Å²) in [6.45, 7) is 13.5. The Morgan fingerprint density at radius 2 is 0.916 bits per heavy atom. The highest BCUT2D eigenvalue weighted by Gasteiger charge is 2.53. The van der Waals surface area contributed by atoms with Gasteiger partial charge in [0.05, 0.1) is 11.1 Å². The minimum Gasteiger partial charge on any atom is -0.376 e. The summed E-state index contributed by atoms with van der Waals surface area (Å²) >= 11 is 0. The van der Waals surface area contributed by atoms with E-state index < -0.39 is 5.41 Å². The first-order valence-electron chi connectivity index (χ1n) is 29.4. The Morgan fingerprint density at radius 1 is 0.386 bits per heavy atom. The van der Waals surface area contributed by atoms with Crippen molar-refractivity contribution in [1.29, 1.82) is 0 Å². The lowest BCUT2D eigenvalue weighted by atomic mass is 9.42. The summed E-state index contributed by atoms with van der Waals surface area (Å²) in [6, 6.07) is 105. The molecule has 0 fully saturated rings. The van der Waals surface area contributed by atoms with Gasteiger partial charge in [0, 0.05) is 50.9 Å². The van der Waals surface area contributed by atoms with Gasteiger partial charge >= 0.3 is 6.85 Å². The van der Waals surface area contributed by atoms with Crippen molar-refractivity contribution in [3.63, 3.8) is 0 Å². The van der Waals surface area contributed by atoms with Crippen LogP contribution in [0.1, 0.15) is 74.9 Å². The summed E-state index contributed by atoms with van der Waals surface area (Å²) in [4.78, 5) is 7.81. The molecule has 0 amide bonds. The van der Waals surface area contributed by atoms with E-state index in [-0.39, 0.29) is 17.7 Å². The van der Waals surface area contributed by atoms with Crippen LogP contribution in [0.15, 0.2) is 279 Å². The van der Waals surface area contributed by atoms with E-state index in [2.05, 4.69) is 335 Å². The third kappa shape index (κ3) is 8.02. The minimum absolute atomic E-state index is 0.0101. The topological polar surface area (TPSA) is 9.72 Å². The number of benzene rings is 12. The molecule has 83 heavy (non-hydrogen) atoms. The lowest BCUT2D eigenvalue weighted by molar-refractivity contribution is 0.590. The van der Waals surface area contributed by atoms with Crippen molar-refractivity contribution in [1.82, 2.24) is 0 Å². The van der Waals surface area contributed by atoms with Crippen LogP contribution < -0.4 is 25.5 Å². The first-order valence-corrected chi connectivity index (χ1v) is 29.4. The molecule has 12 aromatic carbocycles. The molecule has 0 N–H and O–H groups in total. The molecule has 0 bridgehead atoms. The third-order valence-electron chi connectivity index (χ3n) is 18.0. The number of hydrogen-bond donors (Lipinski definition) is 0. The van der Waals surface area contributed by atoms with Crippen molar-refractivity contribution in [2.75, 3.05) is 14.6 Å². The molecule has 4 heteroatoms. The highest BCUT2D eigenvalue weighted by atomic mass is 15.2. The largest absolute Gasteiger partial charge is 0.376 e. The second kappa shape index (κ2) is 19.3. The number of hydrogen-bond acceptors (Lipinski definition) is 3. The van der Waals surface area contributed by atoms with Crippen LogP contribution in [0.4, 0.5) is 45.5 Å². The van der Waals surface area contributed by atoms with E-state index in [0.29, 0.717) is 0 Å². The second-order valence-electron chi connectivity index (χ2n) is 24.9. The summed E-state index contributed by atoms with van der Waals surface area (Å²) in [5.41, 5.74) is 25.8. The molecule has 0 spiro atoms. The van der Waals surface area contributed by atoms with Crippen LogP contribution in [0.5, 0.6) is 0 Å². The lowest BCUT2D eigenvalue weighted by Crippen LogP contribution is -2.62. The van der Waals surface area contributed by atoms with Gasteiger partial charge in [-0.05, 0) is 161 Å². The Labute approximate surface area is 489 Å². The first kappa shape index (κ1) is 50.3. The zero-order chi connectivity index (χ0) is 56.2. The highest BCUT2D eigenvalue weighted by Crippen LogP contribution is 2.61. The summed E-state index contributed by atoms with van der Waals surface area (Å²) in [7, 11) is 0. The van der Waals surface area contributed by atoms with Crippen LogP contribution in [0, 0.1) is 0 Å². The van der Waals surface area contributed by atoms with Gasteiger partial charge in [0.15, 0.2) is 0 Å². The Hall–Kier alpha value is -9.64. The zero-order valence-electron chi connectivity index (χ0n) is 48.0. The lowest BCUT2D eigenvalue weighted by Gasteiger charge is -2.52.